The van der Waals surface area contributed by atoms with Crippen molar-refractivity contribution in [3.8, 4) is 11.8 Å². The SMILES string of the molecule is Cc1ccc(N)c(OCC(=O)NCCC#N)c1. The van der Waals surface area contributed by atoms with Gasteiger partial charge >= 0.3 is 0 Å². The van der Waals surface area contributed by atoms with E-state index < -0.39 is 0 Å². The van der Waals surface area contributed by atoms with Crippen molar-refractivity contribution in [2.45, 2.75) is 13.3 Å². The second kappa shape index (κ2) is 6.38. The average molecular weight is 233 g/mol. The summed E-state index contributed by atoms with van der Waals surface area (Å²) >= 11 is 0. The van der Waals surface area contributed by atoms with Gasteiger partial charge in [0, 0.05) is 6.54 Å². The molecule has 17 heavy (non-hydrogen) atoms. The quantitative estimate of drug-likeness (QED) is 0.586. The molecular weight excluding hydrogens is 218 g/mol. The lowest BCUT2D eigenvalue weighted by Gasteiger charge is -2.09. The minimum atomic E-state index is -0.263. The summed E-state index contributed by atoms with van der Waals surface area (Å²) in [7, 11) is 0. The molecule has 0 saturated heterocycles. The third-order valence-corrected chi connectivity index (χ3v) is 2.09. The van der Waals surface area contributed by atoms with Gasteiger partial charge in [-0.25, -0.2) is 0 Å². The second-order valence-electron chi connectivity index (χ2n) is 3.59. The van der Waals surface area contributed by atoms with Crippen molar-refractivity contribution in [3.63, 3.8) is 0 Å². The lowest BCUT2D eigenvalue weighted by atomic mass is 10.2. The van der Waals surface area contributed by atoms with Gasteiger partial charge in [-0.3, -0.25) is 4.79 Å². The number of hydrogen-bond acceptors (Lipinski definition) is 4. The van der Waals surface area contributed by atoms with E-state index >= 15 is 0 Å². The first kappa shape index (κ1) is 12.8. The molecule has 1 aromatic carbocycles. The van der Waals surface area contributed by atoms with E-state index in [9.17, 15) is 4.79 Å². The van der Waals surface area contributed by atoms with E-state index in [0.29, 0.717) is 24.4 Å². The zero-order valence-corrected chi connectivity index (χ0v) is 9.69. The Morgan fingerprint density at radius 2 is 2.35 bits per heavy atom. The number of hydrogen-bond donors (Lipinski definition) is 2. The van der Waals surface area contributed by atoms with Crippen molar-refractivity contribution in [1.82, 2.24) is 5.32 Å². The molecule has 0 heterocycles. The van der Waals surface area contributed by atoms with Gasteiger partial charge in [-0.1, -0.05) is 6.07 Å². The number of nitrogen functional groups attached to an aromatic ring is 1. The Morgan fingerprint density at radius 3 is 3.06 bits per heavy atom. The molecule has 1 aromatic rings. The Hall–Kier alpha value is -2.22. The van der Waals surface area contributed by atoms with Gasteiger partial charge in [-0.05, 0) is 24.6 Å². The maximum Gasteiger partial charge on any atom is 0.257 e. The molecule has 5 nitrogen and oxygen atoms in total. The van der Waals surface area contributed by atoms with Crippen LogP contribution in [0.5, 0.6) is 5.75 Å². The molecule has 0 aromatic heterocycles. The number of ether oxygens (including phenoxy) is 1. The highest BCUT2D eigenvalue weighted by atomic mass is 16.5. The Kier molecular flexibility index (Phi) is 4.82. The molecule has 3 N–H and O–H groups in total. The van der Waals surface area contributed by atoms with Gasteiger partial charge in [0.1, 0.15) is 5.75 Å². The molecule has 0 aliphatic heterocycles. The minimum absolute atomic E-state index is 0.0981. The number of nitriles is 1. The van der Waals surface area contributed by atoms with Gasteiger partial charge in [0.2, 0.25) is 0 Å². The molecular formula is C12H15N3O2. The fraction of sp³-hybridized carbons (Fsp3) is 0.333. The van der Waals surface area contributed by atoms with Gasteiger partial charge in [0.15, 0.2) is 6.61 Å². The Morgan fingerprint density at radius 1 is 1.59 bits per heavy atom. The first-order chi connectivity index (χ1) is 8.13. The first-order valence-electron chi connectivity index (χ1n) is 5.26. The van der Waals surface area contributed by atoms with Gasteiger partial charge in [-0.2, -0.15) is 5.26 Å². The summed E-state index contributed by atoms with van der Waals surface area (Å²) < 4.78 is 5.29. The number of nitrogens with zero attached hydrogens (tertiary/aromatic N) is 1. The van der Waals surface area contributed by atoms with E-state index in [-0.39, 0.29) is 12.5 Å². The largest absolute Gasteiger partial charge is 0.482 e. The lowest BCUT2D eigenvalue weighted by Crippen LogP contribution is -2.29. The molecule has 0 atom stereocenters. The maximum absolute atomic E-state index is 11.3. The second-order valence-corrected chi connectivity index (χ2v) is 3.59. The molecule has 1 rings (SSSR count). The number of carbonyl (C=O) groups excluding carboxylic acids is 1. The molecule has 1 amide bonds. The summed E-state index contributed by atoms with van der Waals surface area (Å²) in [5.41, 5.74) is 7.21. The standard InChI is InChI=1S/C12H15N3O2/c1-9-3-4-10(14)11(7-9)17-8-12(16)15-6-2-5-13/h3-4,7H,2,6,8,14H2,1H3,(H,15,16). The fourth-order valence-electron chi connectivity index (χ4n) is 1.22. The Labute approximate surface area is 100 Å². The van der Waals surface area contributed by atoms with Crippen molar-refractivity contribution in [2.24, 2.45) is 0 Å². The minimum Gasteiger partial charge on any atom is -0.482 e. The van der Waals surface area contributed by atoms with Crippen molar-refractivity contribution in [1.29, 1.82) is 5.26 Å². The van der Waals surface area contributed by atoms with Crippen molar-refractivity contribution >= 4 is 11.6 Å². The highest BCUT2D eigenvalue weighted by molar-refractivity contribution is 5.77. The number of anilines is 1. The Balaban J connectivity index is 2.42. The topological polar surface area (TPSA) is 88.1 Å². The smallest absolute Gasteiger partial charge is 0.257 e. The van der Waals surface area contributed by atoms with Crippen LogP contribution in [0.25, 0.3) is 0 Å². The number of rotatable bonds is 5. The van der Waals surface area contributed by atoms with Crippen LogP contribution in [0.4, 0.5) is 5.69 Å². The first-order valence-corrected chi connectivity index (χ1v) is 5.26. The van der Waals surface area contributed by atoms with Crippen LogP contribution in [0.2, 0.25) is 0 Å². The summed E-state index contributed by atoms with van der Waals surface area (Å²) in [6.07, 6.45) is 0.290. The summed E-state index contributed by atoms with van der Waals surface area (Å²) in [6.45, 7) is 2.15. The highest BCUT2D eigenvalue weighted by Crippen LogP contribution is 2.21. The van der Waals surface area contributed by atoms with Gasteiger partial charge in [-0.15, -0.1) is 0 Å². The normalized spacial score (nSPS) is 9.41. The van der Waals surface area contributed by atoms with E-state index in [1.807, 2.05) is 19.1 Å². The number of nitrogens with two attached hydrogens (primary N) is 1. The van der Waals surface area contributed by atoms with Gasteiger partial charge < -0.3 is 15.8 Å². The zero-order valence-electron chi connectivity index (χ0n) is 9.69. The molecule has 0 spiro atoms. The van der Waals surface area contributed by atoms with Gasteiger partial charge in [0.25, 0.3) is 5.91 Å². The molecule has 0 fully saturated rings. The van der Waals surface area contributed by atoms with Crippen molar-refractivity contribution in [3.05, 3.63) is 23.8 Å². The number of amides is 1. The monoisotopic (exact) mass is 233 g/mol. The van der Waals surface area contributed by atoms with Crippen LogP contribution in [0, 0.1) is 18.3 Å². The van der Waals surface area contributed by atoms with E-state index in [2.05, 4.69) is 5.32 Å². The third-order valence-electron chi connectivity index (χ3n) is 2.09. The number of benzene rings is 1. The van der Waals surface area contributed by atoms with Crippen LogP contribution in [0.1, 0.15) is 12.0 Å². The molecule has 0 saturated carbocycles. The summed E-state index contributed by atoms with van der Waals surface area (Å²) in [5, 5.41) is 10.9. The predicted octanol–water partition coefficient (Wildman–Crippen LogP) is 0.986. The molecule has 0 bridgehead atoms. The van der Waals surface area contributed by atoms with Crippen LogP contribution >= 0.6 is 0 Å². The van der Waals surface area contributed by atoms with Crippen LogP contribution in [0.3, 0.4) is 0 Å². The summed E-state index contributed by atoms with van der Waals surface area (Å²) in [5.74, 6) is 0.238. The molecule has 0 unspecified atom stereocenters. The molecule has 0 aliphatic rings. The van der Waals surface area contributed by atoms with E-state index in [1.165, 1.54) is 0 Å². The van der Waals surface area contributed by atoms with Crippen LogP contribution in [-0.4, -0.2) is 19.1 Å². The molecule has 0 radical (unpaired) electrons. The molecule has 5 heteroatoms. The fourth-order valence-corrected chi connectivity index (χ4v) is 1.22. The van der Waals surface area contributed by atoms with Crippen molar-refractivity contribution in [2.75, 3.05) is 18.9 Å². The Bertz CT molecular complexity index is 438. The lowest BCUT2D eigenvalue weighted by molar-refractivity contribution is -0.123. The summed E-state index contributed by atoms with van der Waals surface area (Å²) in [4.78, 5) is 11.3. The van der Waals surface area contributed by atoms with Crippen LogP contribution < -0.4 is 15.8 Å². The predicted molar refractivity (Wildman–Crippen MR) is 64.3 cm³/mol. The number of carbonyl (C=O) groups is 1. The van der Waals surface area contributed by atoms with E-state index in [0.717, 1.165) is 5.56 Å². The maximum atomic E-state index is 11.3. The van der Waals surface area contributed by atoms with Crippen molar-refractivity contribution < 1.29 is 9.53 Å². The average Bonchev–Trinajstić information content (AvgIpc) is 2.31. The highest BCUT2D eigenvalue weighted by Gasteiger charge is 2.04. The summed E-state index contributed by atoms with van der Waals surface area (Å²) in [6, 6.07) is 7.32. The zero-order chi connectivity index (χ0) is 12.7. The van der Waals surface area contributed by atoms with Crippen LogP contribution in [0.15, 0.2) is 18.2 Å². The van der Waals surface area contributed by atoms with Crippen LogP contribution in [-0.2, 0) is 4.79 Å². The van der Waals surface area contributed by atoms with E-state index in [1.54, 1.807) is 12.1 Å². The van der Waals surface area contributed by atoms with E-state index in [4.69, 9.17) is 15.7 Å². The number of nitrogens with one attached hydrogen (secondary N) is 1. The molecule has 90 valence electrons. The van der Waals surface area contributed by atoms with Gasteiger partial charge in [0.05, 0.1) is 18.2 Å². The molecule has 0 aliphatic carbocycles. The number of aryl methyl sites for hydroxylation is 1. The third kappa shape index (κ3) is 4.43.